The van der Waals surface area contributed by atoms with E-state index in [4.69, 9.17) is 11.6 Å². The minimum atomic E-state index is -3.03. The Morgan fingerprint density at radius 2 is 1.85 bits per heavy atom. The number of amides is 2. The van der Waals surface area contributed by atoms with Gasteiger partial charge in [0, 0.05) is 47.7 Å². The van der Waals surface area contributed by atoms with Crippen molar-refractivity contribution in [3.63, 3.8) is 0 Å². The van der Waals surface area contributed by atoms with Crippen LogP contribution in [-0.4, -0.2) is 45.6 Å². The summed E-state index contributed by atoms with van der Waals surface area (Å²) in [6, 6.07) is 6.74. The number of benzene rings is 2. The van der Waals surface area contributed by atoms with Crippen LogP contribution >= 0.6 is 11.6 Å². The topological polar surface area (TPSA) is 103 Å². The first-order valence-corrected chi connectivity index (χ1v) is 12.9. The van der Waals surface area contributed by atoms with Crippen LogP contribution in [-0.2, 0) is 5.60 Å². The van der Waals surface area contributed by atoms with Crippen molar-refractivity contribution < 1.29 is 23.1 Å². The maximum absolute atomic E-state index is 15.0. The van der Waals surface area contributed by atoms with E-state index in [0.717, 1.165) is 6.07 Å². The lowest BCUT2D eigenvalue weighted by molar-refractivity contribution is 0.0687. The molecular formula is C28H26ClF3N6O2. The minimum absolute atomic E-state index is 0.111. The Kier molecular flexibility index (Phi) is 7.28. The molecule has 2 aromatic heterocycles. The van der Waals surface area contributed by atoms with E-state index in [1.165, 1.54) is 17.0 Å². The molecule has 208 valence electrons. The number of halogens is 4. The first kappa shape index (κ1) is 27.6. The van der Waals surface area contributed by atoms with Gasteiger partial charge in [0.05, 0.1) is 21.9 Å². The van der Waals surface area contributed by atoms with Crippen LogP contribution in [0.25, 0.3) is 22.0 Å². The maximum atomic E-state index is 15.0. The molecule has 2 aromatic carbocycles. The van der Waals surface area contributed by atoms with Crippen molar-refractivity contribution in [1.29, 1.82) is 0 Å². The molecule has 1 aliphatic rings. The molecule has 0 bridgehead atoms. The van der Waals surface area contributed by atoms with Gasteiger partial charge >= 0.3 is 6.03 Å². The summed E-state index contributed by atoms with van der Waals surface area (Å²) in [5.74, 6) is -0.604. The Bertz CT molecular complexity index is 1590. The van der Waals surface area contributed by atoms with Gasteiger partial charge in [-0.15, -0.1) is 0 Å². The lowest BCUT2D eigenvalue weighted by atomic mass is 10.0. The summed E-state index contributed by atoms with van der Waals surface area (Å²) in [5.41, 5.74) is 1.09. The van der Waals surface area contributed by atoms with E-state index in [-0.39, 0.29) is 28.1 Å². The largest absolute Gasteiger partial charge is 0.382 e. The zero-order chi connectivity index (χ0) is 28.8. The Labute approximate surface area is 233 Å². The molecule has 1 atom stereocenters. The van der Waals surface area contributed by atoms with Gasteiger partial charge in [0.25, 0.3) is 6.43 Å². The van der Waals surface area contributed by atoms with E-state index in [1.807, 2.05) is 0 Å². The number of aliphatic hydroxyl groups is 1. The molecule has 3 N–H and O–H groups in total. The van der Waals surface area contributed by atoms with Gasteiger partial charge in [-0.1, -0.05) is 17.7 Å². The third-order valence-electron chi connectivity index (χ3n) is 6.66. The lowest BCUT2D eigenvalue weighted by Crippen LogP contribution is -2.28. The molecule has 5 rings (SSSR count). The third-order valence-corrected chi connectivity index (χ3v) is 7.12. The zero-order valence-electron chi connectivity index (χ0n) is 21.8. The lowest BCUT2D eigenvalue weighted by Gasteiger charge is -2.24. The molecule has 0 aliphatic carbocycles. The van der Waals surface area contributed by atoms with Crippen LogP contribution in [0, 0.1) is 12.7 Å². The number of hydrogen-bond acceptors (Lipinski definition) is 6. The van der Waals surface area contributed by atoms with Gasteiger partial charge in [-0.05, 0) is 56.7 Å². The number of carbonyl (C=O) groups excluding carboxylic acids is 1. The molecule has 1 fully saturated rings. The van der Waals surface area contributed by atoms with E-state index < -0.39 is 23.9 Å². The van der Waals surface area contributed by atoms with Gasteiger partial charge in [0.2, 0.25) is 0 Å². The van der Waals surface area contributed by atoms with E-state index in [0.29, 0.717) is 46.5 Å². The average Bonchev–Trinajstić information content (AvgIpc) is 3.34. The summed E-state index contributed by atoms with van der Waals surface area (Å²) in [7, 11) is 0. The molecule has 4 aromatic rings. The number of nitrogens with one attached hydrogen (secondary N) is 2. The summed E-state index contributed by atoms with van der Waals surface area (Å²) >= 11 is 6.59. The van der Waals surface area contributed by atoms with Gasteiger partial charge in [0.15, 0.2) is 5.82 Å². The van der Waals surface area contributed by atoms with Gasteiger partial charge in [-0.3, -0.25) is 9.88 Å². The van der Waals surface area contributed by atoms with E-state index in [1.54, 1.807) is 51.4 Å². The predicted octanol–water partition coefficient (Wildman–Crippen LogP) is 5.97. The predicted molar refractivity (Wildman–Crippen MR) is 147 cm³/mol. The van der Waals surface area contributed by atoms with Crippen LogP contribution in [0.5, 0.6) is 0 Å². The Morgan fingerprint density at radius 1 is 1.12 bits per heavy atom. The van der Waals surface area contributed by atoms with Gasteiger partial charge < -0.3 is 15.7 Å². The number of fused-ring (bicyclic) bond motifs is 1. The molecule has 3 heterocycles. The van der Waals surface area contributed by atoms with E-state index in [2.05, 4.69) is 25.6 Å². The van der Waals surface area contributed by atoms with Crippen molar-refractivity contribution in [1.82, 2.24) is 20.3 Å². The number of rotatable bonds is 7. The van der Waals surface area contributed by atoms with Crippen LogP contribution < -0.4 is 15.5 Å². The minimum Gasteiger partial charge on any atom is -0.382 e. The zero-order valence-corrected chi connectivity index (χ0v) is 22.6. The molecular weight excluding hydrogens is 545 g/mol. The fourth-order valence-corrected chi connectivity index (χ4v) is 4.76. The second-order valence-electron chi connectivity index (χ2n) is 10.0. The molecule has 1 unspecified atom stereocenters. The summed E-state index contributed by atoms with van der Waals surface area (Å²) < 4.78 is 44.1. The standard InChI is InChI=1S/C28H26ClF3N6O2/c1-14-22(29)23(19-10-15(4-7-21(19)36-14)16-12-34-26(35-13-16)28(2,3)40)37-24(25(31)32)18-11-17(5-6-20(18)30)38-9-8-33-27(38)39/h4-7,10-13,24-25,40H,8-9H2,1-3H3,(H,33,39)(H,36,37). The van der Waals surface area contributed by atoms with Crippen molar-refractivity contribution in [2.24, 2.45) is 0 Å². The molecule has 0 saturated carbocycles. The third kappa shape index (κ3) is 5.26. The maximum Gasteiger partial charge on any atom is 0.321 e. The Hall–Kier alpha value is -3.96. The monoisotopic (exact) mass is 570 g/mol. The molecule has 1 aliphatic heterocycles. The number of nitrogens with zero attached hydrogens (tertiary/aromatic N) is 4. The van der Waals surface area contributed by atoms with Gasteiger partial charge in [0.1, 0.15) is 17.5 Å². The highest BCUT2D eigenvalue weighted by Crippen LogP contribution is 2.39. The van der Waals surface area contributed by atoms with E-state index in [9.17, 15) is 23.1 Å². The second-order valence-corrected chi connectivity index (χ2v) is 10.4. The SMILES string of the molecule is Cc1nc2ccc(-c3cnc(C(C)(C)O)nc3)cc2c(NC(c2cc(N3CCNC3=O)ccc2F)C(F)F)c1Cl. The first-order chi connectivity index (χ1) is 18.9. The first-order valence-electron chi connectivity index (χ1n) is 12.5. The number of anilines is 2. The van der Waals surface area contributed by atoms with Gasteiger partial charge in [-0.25, -0.2) is 27.9 Å². The average molecular weight is 571 g/mol. The Morgan fingerprint density at radius 3 is 2.48 bits per heavy atom. The quantitative estimate of drug-likeness (QED) is 0.253. The van der Waals surface area contributed by atoms with Crippen LogP contribution in [0.4, 0.5) is 29.3 Å². The van der Waals surface area contributed by atoms with Crippen LogP contribution in [0.2, 0.25) is 5.02 Å². The van der Waals surface area contributed by atoms with Crippen molar-refractivity contribution in [2.75, 3.05) is 23.3 Å². The van der Waals surface area contributed by atoms with Crippen LogP contribution in [0.15, 0.2) is 48.8 Å². The molecule has 40 heavy (non-hydrogen) atoms. The summed E-state index contributed by atoms with van der Waals surface area (Å²) in [4.78, 5) is 26.4. The Balaban J connectivity index is 1.58. The summed E-state index contributed by atoms with van der Waals surface area (Å²) in [6.45, 7) is 5.52. The number of hydrogen-bond donors (Lipinski definition) is 3. The number of aryl methyl sites for hydroxylation is 1. The van der Waals surface area contributed by atoms with Crippen LogP contribution in [0.1, 0.15) is 37.0 Å². The number of pyridine rings is 1. The van der Waals surface area contributed by atoms with Crippen molar-refractivity contribution in [3.05, 3.63) is 76.7 Å². The van der Waals surface area contributed by atoms with Gasteiger partial charge in [-0.2, -0.15) is 0 Å². The number of aromatic nitrogens is 3. The van der Waals surface area contributed by atoms with Crippen molar-refractivity contribution in [2.45, 2.75) is 38.8 Å². The number of carbonyl (C=O) groups is 1. The highest BCUT2D eigenvalue weighted by atomic mass is 35.5. The summed E-state index contributed by atoms with van der Waals surface area (Å²) in [6.07, 6.45) is 0.0762. The van der Waals surface area contributed by atoms with Crippen molar-refractivity contribution >= 4 is 39.9 Å². The summed E-state index contributed by atoms with van der Waals surface area (Å²) in [5, 5.41) is 16.1. The van der Waals surface area contributed by atoms with Crippen LogP contribution in [0.3, 0.4) is 0 Å². The number of alkyl halides is 2. The fraction of sp³-hybridized carbons (Fsp3) is 0.286. The smallest absolute Gasteiger partial charge is 0.321 e. The van der Waals surface area contributed by atoms with E-state index >= 15 is 0 Å². The normalized spacial score (nSPS) is 14.6. The molecule has 12 heteroatoms. The number of urea groups is 1. The van der Waals surface area contributed by atoms with Crippen molar-refractivity contribution in [3.8, 4) is 11.1 Å². The second kappa shape index (κ2) is 10.5. The fourth-order valence-electron chi connectivity index (χ4n) is 4.56. The molecule has 0 spiro atoms. The highest BCUT2D eigenvalue weighted by Gasteiger charge is 2.30. The molecule has 2 amide bonds. The highest BCUT2D eigenvalue weighted by molar-refractivity contribution is 6.35. The molecule has 1 saturated heterocycles. The molecule has 8 nitrogen and oxygen atoms in total. The molecule has 0 radical (unpaired) electrons.